The van der Waals surface area contributed by atoms with Crippen molar-refractivity contribution in [3.05, 3.63) is 0 Å². The molecule has 0 spiro atoms. The second kappa shape index (κ2) is 41.6. The van der Waals surface area contributed by atoms with E-state index in [1.807, 2.05) is 0 Å². The van der Waals surface area contributed by atoms with Crippen LogP contribution < -0.4 is 5.32 Å². The summed E-state index contributed by atoms with van der Waals surface area (Å²) in [6.45, 7) is 4.19. The van der Waals surface area contributed by atoms with E-state index in [1.54, 1.807) is 0 Å². The molecule has 6 atom stereocenters. The van der Waals surface area contributed by atoms with Crippen molar-refractivity contribution in [2.75, 3.05) is 13.2 Å². The zero-order valence-corrected chi connectivity index (χ0v) is 38.5. The van der Waals surface area contributed by atoms with Crippen LogP contribution in [0, 0.1) is 0 Å². The van der Waals surface area contributed by atoms with E-state index in [0.29, 0.717) is 6.42 Å². The van der Waals surface area contributed by atoms with Gasteiger partial charge in [0.15, 0.2) is 6.29 Å². The van der Waals surface area contributed by atoms with Crippen LogP contribution >= 0.6 is 0 Å². The van der Waals surface area contributed by atoms with Crippen LogP contribution in [0.3, 0.4) is 0 Å². The largest absolute Gasteiger partial charge is 0.394 e. The van der Waals surface area contributed by atoms with Crippen LogP contribution in [0.5, 0.6) is 0 Å². The summed E-state index contributed by atoms with van der Waals surface area (Å²) < 4.78 is 11.4. The zero-order valence-electron chi connectivity index (χ0n) is 38.5. The van der Waals surface area contributed by atoms with Crippen LogP contribution in [-0.4, -0.2) is 76.3 Å². The Morgan fingerprint density at radius 3 is 1.16 bits per heavy atom. The third-order valence-corrected chi connectivity index (χ3v) is 12.6. The maximum Gasteiger partial charge on any atom is 0.220 e. The highest BCUT2D eigenvalue weighted by atomic mass is 16.7. The lowest BCUT2D eigenvalue weighted by molar-refractivity contribution is -0.302. The van der Waals surface area contributed by atoms with Crippen LogP contribution in [-0.2, 0) is 14.3 Å². The zero-order chi connectivity index (χ0) is 42.2. The number of ether oxygens (including phenoxy) is 2. The highest BCUT2D eigenvalue weighted by molar-refractivity contribution is 5.76. The van der Waals surface area contributed by atoms with E-state index in [4.69, 9.17) is 9.47 Å². The summed E-state index contributed by atoms with van der Waals surface area (Å²) in [5, 5.41) is 43.5. The molecule has 0 aromatic rings. The normalized spacial score (nSPS) is 20.1. The van der Waals surface area contributed by atoms with Gasteiger partial charge < -0.3 is 35.2 Å². The van der Waals surface area contributed by atoms with Gasteiger partial charge in [0, 0.05) is 6.42 Å². The van der Waals surface area contributed by atoms with Gasteiger partial charge >= 0.3 is 0 Å². The highest BCUT2D eigenvalue weighted by Gasteiger charge is 2.44. The molecular weight excluding hydrogens is 727 g/mol. The number of aliphatic hydroxyl groups excluding tert-OH is 4. The maximum absolute atomic E-state index is 13.0. The molecule has 1 amide bonds. The Morgan fingerprint density at radius 2 is 0.810 bits per heavy atom. The van der Waals surface area contributed by atoms with Crippen molar-refractivity contribution in [3.8, 4) is 0 Å². The monoisotopic (exact) mass is 826 g/mol. The van der Waals surface area contributed by atoms with E-state index in [1.165, 1.54) is 212 Å². The van der Waals surface area contributed by atoms with E-state index in [-0.39, 0.29) is 18.6 Å². The lowest BCUT2D eigenvalue weighted by Crippen LogP contribution is -2.59. The fraction of sp³-hybridized carbons (Fsp3) is 0.980. The number of nitrogens with one attached hydrogen (secondary N) is 1. The predicted octanol–water partition coefficient (Wildman–Crippen LogP) is 12.5. The van der Waals surface area contributed by atoms with Gasteiger partial charge in [-0.3, -0.25) is 4.79 Å². The summed E-state index contributed by atoms with van der Waals surface area (Å²) in [7, 11) is 0. The lowest BCUT2D eigenvalue weighted by Gasteiger charge is -2.40. The minimum atomic E-state index is -1.48. The standard InChI is InChI=1S/C50H99NO7/c1-3-5-7-9-11-13-15-17-19-20-21-22-23-24-25-26-27-29-31-33-35-37-39-41-46(53)51-44(43-57-50-49(56)48(55)47(54)45(42-52)58-50)40-38-36-34-32-30-28-18-16-14-12-10-8-6-4-2/h44-45,47-50,52,54-56H,3-43H2,1-2H3,(H,51,53). The van der Waals surface area contributed by atoms with E-state index in [0.717, 1.165) is 32.1 Å². The fourth-order valence-electron chi connectivity index (χ4n) is 8.57. The van der Waals surface area contributed by atoms with Gasteiger partial charge in [0.1, 0.15) is 24.4 Å². The van der Waals surface area contributed by atoms with Gasteiger partial charge in [-0.15, -0.1) is 0 Å². The van der Waals surface area contributed by atoms with Gasteiger partial charge in [0.25, 0.3) is 0 Å². The van der Waals surface area contributed by atoms with Crippen molar-refractivity contribution < 1.29 is 34.7 Å². The molecule has 6 unspecified atom stereocenters. The SMILES string of the molecule is CCCCCCCCCCCCCCCCCCCCCCCCCC(=O)NC(CCCCCCCCCCCCCCCC)COC1OC(CO)C(O)C(O)C1O. The predicted molar refractivity (Wildman–Crippen MR) is 243 cm³/mol. The van der Waals surface area contributed by atoms with Gasteiger partial charge in [-0.1, -0.05) is 245 Å². The smallest absolute Gasteiger partial charge is 0.220 e. The van der Waals surface area contributed by atoms with Gasteiger partial charge in [-0.25, -0.2) is 0 Å². The van der Waals surface area contributed by atoms with Crippen LogP contribution in [0.15, 0.2) is 0 Å². The Kier molecular flexibility index (Phi) is 39.6. The van der Waals surface area contributed by atoms with Crippen molar-refractivity contribution >= 4 is 5.91 Å². The molecule has 8 nitrogen and oxygen atoms in total. The number of aliphatic hydroxyl groups is 4. The molecule has 1 aliphatic heterocycles. The number of carbonyl (C=O) groups is 1. The average molecular weight is 826 g/mol. The van der Waals surface area contributed by atoms with Crippen LogP contribution in [0.1, 0.15) is 264 Å². The molecule has 1 fully saturated rings. The van der Waals surface area contributed by atoms with Gasteiger partial charge in [-0.2, -0.15) is 0 Å². The fourth-order valence-corrected chi connectivity index (χ4v) is 8.57. The Balaban J connectivity index is 2.15. The molecule has 8 heteroatoms. The molecular formula is C50H99NO7. The summed E-state index contributed by atoms with van der Waals surface area (Å²) in [5.74, 6) is 0.0243. The van der Waals surface area contributed by atoms with Gasteiger partial charge in [0.05, 0.1) is 19.3 Å². The van der Waals surface area contributed by atoms with Crippen molar-refractivity contribution in [2.45, 2.75) is 301 Å². The first-order chi connectivity index (χ1) is 28.4. The summed E-state index contributed by atoms with van der Waals surface area (Å²) in [5.41, 5.74) is 0. The van der Waals surface area contributed by atoms with Crippen LogP contribution in [0.4, 0.5) is 0 Å². The number of hydrogen-bond donors (Lipinski definition) is 5. The molecule has 58 heavy (non-hydrogen) atoms. The second-order valence-electron chi connectivity index (χ2n) is 18.2. The van der Waals surface area contributed by atoms with Crippen molar-refractivity contribution in [2.24, 2.45) is 0 Å². The maximum atomic E-state index is 13.0. The van der Waals surface area contributed by atoms with Crippen molar-refractivity contribution in [3.63, 3.8) is 0 Å². The molecule has 0 bridgehead atoms. The van der Waals surface area contributed by atoms with E-state index >= 15 is 0 Å². The Labute approximate surface area is 359 Å². The van der Waals surface area contributed by atoms with E-state index < -0.39 is 37.3 Å². The molecule has 1 aliphatic rings. The van der Waals surface area contributed by atoms with Crippen LogP contribution in [0.25, 0.3) is 0 Å². The number of carbonyl (C=O) groups excluding carboxylic acids is 1. The third-order valence-electron chi connectivity index (χ3n) is 12.6. The van der Waals surface area contributed by atoms with Crippen LogP contribution in [0.2, 0.25) is 0 Å². The van der Waals surface area contributed by atoms with E-state index in [2.05, 4.69) is 19.2 Å². The summed E-state index contributed by atoms with van der Waals surface area (Å²) >= 11 is 0. The highest BCUT2D eigenvalue weighted by Crippen LogP contribution is 2.23. The summed E-state index contributed by atoms with van der Waals surface area (Å²) in [6.07, 6.45) is 43.8. The van der Waals surface area contributed by atoms with Crippen molar-refractivity contribution in [1.82, 2.24) is 5.32 Å². The topological polar surface area (TPSA) is 128 Å². The molecule has 0 saturated carbocycles. The Hall–Kier alpha value is -0.770. The third kappa shape index (κ3) is 32.0. The summed E-state index contributed by atoms with van der Waals surface area (Å²) in [6, 6.07) is -0.235. The van der Waals surface area contributed by atoms with E-state index in [9.17, 15) is 25.2 Å². The number of unbranched alkanes of at least 4 members (excludes halogenated alkanes) is 35. The quantitative estimate of drug-likeness (QED) is 0.0387. The second-order valence-corrected chi connectivity index (χ2v) is 18.2. The average Bonchev–Trinajstić information content (AvgIpc) is 3.22. The lowest BCUT2D eigenvalue weighted by atomic mass is 9.99. The molecule has 0 aromatic carbocycles. The van der Waals surface area contributed by atoms with Crippen molar-refractivity contribution in [1.29, 1.82) is 0 Å². The first-order valence-corrected chi connectivity index (χ1v) is 25.7. The summed E-state index contributed by atoms with van der Waals surface area (Å²) in [4.78, 5) is 13.0. The number of amides is 1. The molecule has 0 aliphatic carbocycles. The molecule has 5 N–H and O–H groups in total. The minimum absolute atomic E-state index is 0.0243. The Bertz CT molecular complexity index is 860. The molecule has 1 heterocycles. The first-order valence-electron chi connectivity index (χ1n) is 25.7. The molecule has 0 radical (unpaired) electrons. The molecule has 346 valence electrons. The molecule has 1 saturated heterocycles. The molecule has 0 aromatic heterocycles. The first kappa shape index (κ1) is 55.2. The van der Waals surface area contributed by atoms with Gasteiger partial charge in [-0.05, 0) is 12.8 Å². The minimum Gasteiger partial charge on any atom is -0.394 e. The number of hydrogen-bond acceptors (Lipinski definition) is 7. The van der Waals surface area contributed by atoms with Gasteiger partial charge in [0.2, 0.25) is 5.91 Å². The molecule has 1 rings (SSSR count). The Morgan fingerprint density at radius 1 is 0.483 bits per heavy atom. The number of rotatable bonds is 44.